The van der Waals surface area contributed by atoms with E-state index < -0.39 is 0 Å². The van der Waals surface area contributed by atoms with Gasteiger partial charge in [-0.25, -0.2) is 0 Å². The van der Waals surface area contributed by atoms with Crippen LogP contribution in [0.4, 0.5) is 0 Å². The number of benzene rings is 1. The highest BCUT2D eigenvalue weighted by atomic mass is 16.5. The van der Waals surface area contributed by atoms with Crippen molar-refractivity contribution >= 4 is 0 Å². The number of ether oxygens (including phenoxy) is 1. The molecule has 1 fully saturated rings. The summed E-state index contributed by atoms with van der Waals surface area (Å²) >= 11 is 0. The van der Waals surface area contributed by atoms with E-state index in [1.807, 2.05) is 30.3 Å². The van der Waals surface area contributed by atoms with Crippen LogP contribution < -0.4 is 10.1 Å². The van der Waals surface area contributed by atoms with Crippen molar-refractivity contribution in [2.45, 2.75) is 25.4 Å². The Bertz CT molecular complexity index is 309. The maximum atomic E-state index is 10.0. The van der Waals surface area contributed by atoms with Crippen LogP contribution in [0, 0.1) is 5.92 Å². The minimum atomic E-state index is -0.221. The lowest BCUT2D eigenvalue weighted by Crippen LogP contribution is -2.34. The molecule has 0 aliphatic carbocycles. The lowest BCUT2D eigenvalue weighted by Gasteiger charge is -2.27. The third-order valence-corrected chi connectivity index (χ3v) is 3.35. The van der Waals surface area contributed by atoms with E-state index in [0.717, 1.165) is 38.1 Å². The molecule has 1 saturated heterocycles. The fraction of sp³-hybridized carbons (Fsp3) is 0.571. The maximum Gasteiger partial charge on any atom is 0.119 e. The highest BCUT2D eigenvalue weighted by Gasteiger charge is 2.21. The standard InChI is InChI=1S/C14H21NO2/c16-14(12-6-9-15-10-7-12)8-11-17-13-4-2-1-3-5-13/h1-5,12,14-16H,6-11H2. The van der Waals surface area contributed by atoms with E-state index in [1.54, 1.807) is 0 Å². The molecule has 94 valence electrons. The first-order chi connectivity index (χ1) is 8.36. The van der Waals surface area contributed by atoms with Gasteiger partial charge in [0.2, 0.25) is 0 Å². The van der Waals surface area contributed by atoms with Gasteiger partial charge in [-0.2, -0.15) is 0 Å². The fourth-order valence-electron chi connectivity index (χ4n) is 2.28. The second-order valence-corrected chi connectivity index (χ2v) is 4.60. The van der Waals surface area contributed by atoms with Crippen LogP contribution in [0.15, 0.2) is 30.3 Å². The fourth-order valence-corrected chi connectivity index (χ4v) is 2.28. The van der Waals surface area contributed by atoms with Crippen molar-refractivity contribution in [3.63, 3.8) is 0 Å². The average molecular weight is 235 g/mol. The van der Waals surface area contributed by atoms with Crippen LogP contribution in [0.25, 0.3) is 0 Å². The molecule has 1 aromatic rings. The zero-order valence-electron chi connectivity index (χ0n) is 10.1. The van der Waals surface area contributed by atoms with Gasteiger partial charge >= 0.3 is 0 Å². The number of hydrogen-bond acceptors (Lipinski definition) is 3. The van der Waals surface area contributed by atoms with Gasteiger partial charge in [-0.05, 0) is 44.0 Å². The molecule has 0 aromatic heterocycles. The van der Waals surface area contributed by atoms with Gasteiger partial charge in [0.25, 0.3) is 0 Å². The van der Waals surface area contributed by atoms with Crippen molar-refractivity contribution in [1.82, 2.24) is 5.32 Å². The van der Waals surface area contributed by atoms with Crippen molar-refractivity contribution in [1.29, 1.82) is 0 Å². The van der Waals surface area contributed by atoms with E-state index in [1.165, 1.54) is 0 Å². The van der Waals surface area contributed by atoms with Gasteiger partial charge in [-0.3, -0.25) is 0 Å². The highest BCUT2D eigenvalue weighted by molar-refractivity contribution is 5.20. The molecule has 17 heavy (non-hydrogen) atoms. The number of aliphatic hydroxyl groups excluding tert-OH is 1. The molecular formula is C14H21NO2. The molecule has 3 heteroatoms. The monoisotopic (exact) mass is 235 g/mol. The normalized spacial score (nSPS) is 18.9. The van der Waals surface area contributed by atoms with Crippen LogP contribution in [-0.4, -0.2) is 30.9 Å². The molecule has 1 aliphatic rings. The van der Waals surface area contributed by atoms with Crippen LogP contribution in [0.3, 0.4) is 0 Å². The van der Waals surface area contributed by atoms with Gasteiger partial charge in [0.15, 0.2) is 0 Å². The first-order valence-corrected chi connectivity index (χ1v) is 6.43. The van der Waals surface area contributed by atoms with E-state index in [2.05, 4.69) is 5.32 Å². The first-order valence-electron chi connectivity index (χ1n) is 6.43. The zero-order chi connectivity index (χ0) is 11.9. The largest absolute Gasteiger partial charge is 0.493 e. The number of hydrogen-bond donors (Lipinski definition) is 2. The summed E-state index contributed by atoms with van der Waals surface area (Å²) in [5, 5.41) is 13.4. The molecule has 0 amide bonds. The predicted molar refractivity (Wildman–Crippen MR) is 68.2 cm³/mol. The molecule has 2 rings (SSSR count). The van der Waals surface area contributed by atoms with Gasteiger partial charge in [-0.1, -0.05) is 18.2 Å². The van der Waals surface area contributed by atoms with Gasteiger partial charge < -0.3 is 15.2 Å². The summed E-state index contributed by atoms with van der Waals surface area (Å²) in [7, 11) is 0. The average Bonchev–Trinajstić information content (AvgIpc) is 2.41. The topological polar surface area (TPSA) is 41.5 Å². The summed E-state index contributed by atoms with van der Waals surface area (Å²) in [6.45, 7) is 2.65. The minimum absolute atomic E-state index is 0.221. The van der Waals surface area contributed by atoms with Crippen molar-refractivity contribution in [2.75, 3.05) is 19.7 Å². The van der Waals surface area contributed by atoms with Crippen LogP contribution in [0.2, 0.25) is 0 Å². The SMILES string of the molecule is OC(CCOc1ccccc1)C1CCNCC1. The quantitative estimate of drug-likeness (QED) is 0.818. The Morgan fingerprint density at radius 1 is 1.24 bits per heavy atom. The molecule has 1 aromatic carbocycles. The number of nitrogens with one attached hydrogen (secondary N) is 1. The van der Waals surface area contributed by atoms with Crippen LogP contribution in [-0.2, 0) is 0 Å². The second kappa shape index (κ2) is 6.62. The Hall–Kier alpha value is -1.06. The Kier molecular flexibility index (Phi) is 4.83. The van der Waals surface area contributed by atoms with Crippen molar-refractivity contribution in [3.05, 3.63) is 30.3 Å². The minimum Gasteiger partial charge on any atom is -0.493 e. The Morgan fingerprint density at radius 3 is 2.65 bits per heavy atom. The Balaban J connectivity index is 1.67. The van der Waals surface area contributed by atoms with E-state index >= 15 is 0 Å². The number of aliphatic hydroxyl groups is 1. The number of piperidine rings is 1. The molecule has 0 spiro atoms. The third-order valence-electron chi connectivity index (χ3n) is 3.35. The molecule has 1 aliphatic heterocycles. The van der Waals surface area contributed by atoms with E-state index in [4.69, 9.17) is 4.74 Å². The summed E-state index contributed by atoms with van der Waals surface area (Å²) in [5.74, 6) is 1.32. The van der Waals surface area contributed by atoms with Gasteiger partial charge in [0, 0.05) is 6.42 Å². The summed E-state index contributed by atoms with van der Waals surface area (Å²) in [6.07, 6.45) is 2.65. The van der Waals surface area contributed by atoms with Gasteiger partial charge in [0.1, 0.15) is 5.75 Å². The molecule has 1 unspecified atom stereocenters. The molecule has 1 atom stereocenters. The van der Waals surface area contributed by atoms with Crippen LogP contribution in [0.1, 0.15) is 19.3 Å². The van der Waals surface area contributed by atoms with Gasteiger partial charge in [0.05, 0.1) is 12.7 Å². The molecule has 1 heterocycles. The van der Waals surface area contributed by atoms with E-state index in [9.17, 15) is 5.11 Å². The summed E-state index contributed by atoms with van der Waals surface area (Å²) in [4.78, 5) is 0. The number of para-hydroxylation sites is 1. The molecule has 2 N–H and O–H groups in total. The molecular weight excluding hydrogens is 214 g/mol. The third kappa shape index (κ3) is 4.02. The van der Waals surface area contributed by atoms with Crippen molar-refractivity contribution in [2.24, 2.45) is 5.92 Å². The molecule has 0 radical (unpaired) electrons. The second-order valence-electron chi connectivity index (χ2n) is 4.60. The van der Waals surface area contributed by atoms with Gasteiger partial charge in [-0.15, -0.1) is 0 Å². The lowest BCUT2D eigenvalue weighted by atomic mass is 9.91. The molecule has 0 saturated carbocycles. The Labute approximate surface area is 103 Å². The highest BCUT2D eigenvalue weighted by Crippen LogP contribution is 2.19. The number of rotatable bonds is 5. The van der Waals surface area contributed by atoms with Crippen LogP contribution >= 0.6 is 0 Å². The maximum absolute atomic E-state index is 10.0. The van der Waals surface area contributed by atoms with E-state index in [-0.39, 0.29) is 6.10 Å². The predicted octanol–water partition coefficient (Wildman–Crippen LogP) is 1.82. The molecule has 0 bridgehead atoms. The summed E-state index contributed by atoms with van der Waals surface area (Å²) in [6, 6.07) is 9.77. The molecule has 3 nitrogen and oxygen atoms in total. The lowest BCUT2D eigenvalue weighted by molar-refractivity contribution is 0.0674. The van der Waals surface area contributed by atoms with Crippen LogP contribution in [0.5, 0.6) is 5.75 Å². The van der Waals surface area contributed by atoms with E-state index in [0.29, 0.717) is 12.5 Å². The zero-order valence-corrected chi connectivity index (χ0v) is 10.1. The first kappa shape index (κ1) is 12.4. The van der Waals surface area contributed by atoms with Crippen molar-refractivity contribution in [3.8, 4) is 5.75 Å². The Morgan fingerprint density at radius 2 is 1.94 bits per heavy atom. The van der Waals surface area contributed by atoms with Crippen molar-refractivity contribution < 1.29 is 9.84 Å². The smallest absolute Gasteiger partial charge is 0.119 e. The summed E-state index contributed by atoms with van der Waals surface area (Å²) in [5.41, 5.74) is 0. The summed E-state index contributed by atoms with van der Waals surface area (Å²) < 4.78 is 5.59.